The Bertz CT molecular complexity index is 794. The van der Waals surface area contributed by atoms with Crippen LogP contribution in [0.2, 0.25) is 0 Å². The van der Waals surface area contributed by atoms with Crippen LogP contribution in [0, 0.1) is 0 Å². The van der Waals surface area contributed by atoms with E-state index in [9.17, 15) is 4.79 Å². The molecular weight excluding hydrogens is 286 g/mol. The molecule has 1 heterocycles. The summed E-state index contributed by atoms with van der Waals surface area (Å²) in [5.74, 6) is 0.138. The van der Waals surface area contributed by atoms with Crippen LogP contribution in [-0.2, 0) is 11.3 Å². The molecule has 3 rings (SSSR count). The number of imidazole rings is 1. The molecule has 0 fully saturated rings. The van der Waals surface area contributed by atoms with E-state index in [1.165, 1.54) is 0 Å². The van der Waals surface area contributed by atoms with Crippen LogP contribution >= 0.6 is 0 Å². The number of benzene rings is 2. The summed E-state index contributed by atoms with van der Waals surface area (Å²) in [6.07, 6.45) is 2.27. The monoisotopic (exact) mass is 307 g/mol. The molecule has 0 saturated heterocycles. The summed E-state index contributed by atoms with van der Waals surface area (Å²) < 4.78 is 2.04. The molecule has 1 unspecified atom stereocenters. The molecule has 2 aromatic carbocycles. The molecule has 4 nitrogen and oxygen atoms in total. The van der Waals surface area contributed by atoms with Crippen molar-refractivity contribution in [2.75, 3.05) is 7.05 Å². The first kappa shape index (κ1) is 15.3. The first-order chi connectivity index (χ1) is 11.2. The summed E-state index contributed by atoms with van der Waals surface area (Å²) in [7, 11) is 1.87. The fraction of sp³-hybridized carbons (Fsp3) is 0.263. The standard InChI is InChI=1S/C19H21N3O/c1-15(16-8-4-3-5-9-16)21(2)19(23)12-13-22-14-20-17-10-6-7-11-18(17)22/h3-11,14-15H,12-13H2,1-2H3. The lowest BCUT2D eigenvalue weighted by molar-refractivity contribution is -0.132. The van der Waals surface area contributed by atoms with Gasteiger partial charge in [0.05, 0.1) is 23.4 Å². The number of hydrogen-bond donors (Lipinski definition) is 0. The molecule has 0 N–H and O–H groups in total. The Morgan fingerprint density at radius 1 is 1.13 bits per heavy atom. The first-order valence-corrected chi connectivity index (χ1v) is 7.87. The second-order valence-electron chi connectivity index (χ2n) is 5.77. The topological polar surface area (TPSA) is 38.1 Å². The molecule has 0 aliphatic carbocycles. The van der Waals surface area contributed by atoms with Crippen LogP contribution in [0.3, 0.4) is 0 Å². The lowest BCUT2D eigenvalue weighted by Gasteiger charge is -2.25. The molecular formula is C19H21N3O. The third-order valence-corrected chi connectivity index (χ3v) is 4.35. The summed E-state index contributed by atoms with van der Waals surface area (Å²) in [6, 6.07) is 18.1. The second-order valence-corrected chi connectivity index (χ2v) is 5.77. The minimum Gasteiger partial charge on any atom is -0.339 e. The zero-order valence-corrected chi connectivity index (χ0v) is 13.5. The van der Waals surface area contributed by atoms with E-state index in [2.05, 4.69) is 24.0 Å². The maximum Gasteiger partial charge on any atom is 0.224 e. The lowest BCUT2D eigenvalue weighted by atomic mass is 10.1. The molecule has 0 spiro atoms. The van der Waals surface area contributed by atoms with Gasteiger partial charge in [0.2, 0.25) is 5.91 Å². The number of hydrogen-bond acceptors (Lipinski definition) is 2. The van der Waals surface area contributed by atoms with Gasteiger partial charge < -0.3 is 9.47 Å². The summed E-state index contributed by atoms with van der Waals surface area (Å²) in [5.41, 5.74) is 3.18. The van der Waals surface area contributed by atoms with Crippen LogP contribution in [0.1, 0.15) is 24.9 Å². The highest BCUT2D eigenvalue weighted by molar-refractivity contribution is 5.77. The maximum absolute atomic E-state index is 12.5. The van der Waals surface area contributed by atoms with Gasteiger partial charge in [-0.05, 0) is 24.6 Å². The summed E-state index contributed by atoms with van der Waals surface area (Å²) in [4.78, 5) is 18.7. The van der Waals surface area contributed by atoms with E-state index >= 15 is 0 Å². The summed E-state index contributed by atoms with van der Waals surface area (Å²) in [5, 5.41) is 0. The molecule has 3 aromatic rings. The Morgan fingerprint density at radius 2 is 1.83 bits per heavy atom. The zero-order valence-electron chi connectivity index (χ0n) is 13.5. The molecule has 1 atom stereocenters. The Balaban J connectivity index is 1.65. The van der Waals surface area contributed by atoms with Crippen LogP contribution < -0.4 is 0 Å². The molecule has 0 saturated carbocycles. The van der Waals surface area contributed by atoms with Crippen molar-refractivity contribution in [3.8, 4) is 0 Å². The number of fused-ring (bicyclic) bond motifs is 1. The molecule has 1 aromatic heterocycles. The van der Waals surface area contributed by atoms with Gasteiger partial charge in [0, 0.05) is 20.0 Å². The Kier molecular flexibility index (Phi) is 4.42. The van der Waals surface area contributed by atoms with E-state index in [1.54, 1.807) is 6.33 Å². The largest absolute Gasteiger partial charge is 0.339 e. The van der Waals surface area contributed by atoms with Crippen molar-refractivity contribution in [1.82, 2.24) is 14.5 Å². The highest BCUT2D eigenvalue weighted by Gasteiger charge is 2.17. The fourth-order valence-electron chi connectivity index (χ4n) is 2.75. The Labute approximate surface area is 136 Å². The molecule has 1 amide bonds. The highest BCUT2D eigenvalue weighted by Crippen LogP contribution is 2.19. The van der Waals surface area contributed by atoms with Crippen LogP contribution in [0.15, 0.2) is 60.9 Å². The lowest BCUT2D eigenvalue weighted by Crippen LogP contribution is -2.30. The van der Waals surface area contributed by atoms with Crippen LogP contribution in [0.5, 0.6) is 0 Å². The van der Waals surface area contributed by atoms with Gasteiger partial charge in [0.15, 0.2) is 0 Å². The maximum atomic E-state index is 12.5. The minimum atomic E-state index is 0.0724. The van der Waals surface area contributed by atoms with E-state index in [1.807, 2.05) is 59.0 Å². The molecule has 118 valence electrons. The van der Waals surface area contributed by atoms with Gasteiger partial charge in [-0.3, -0.25) is 4.79 Å². The number of amides is 1. The first-order valence-electron chi connectivity index (χ1n) is 7.87. The number of nitrogens with zero attached hydrogens (tertiary/aromatic N) is 3. The van der Waals surface area contributed by atoms with Crippen molar-refractivity contribution in [2.45, 2.75) is 25.9 Å². The summed E-state index contributed by atoms with van der Waals surface area (Å²) in [6.45, 7) is 2.70. The van der Waals surface area contributed by atoms with Gasteiger partial charge in [-0.15, -0.1) is 0 Å². The number of para-hydroxylation sites is 2. The predicted molar refractivity (Wildman–Crippen MR) is 92.0 cm³/mol. The van der Waals surface area contributed by atoms with Gasteiger partial charge in [-0.25, -0.2) is 4.98 Å². The fourth-order valence-corrected chi connectivity index (χ4v) is 2.75. The van der Waals surface area contributed by atoms with Crippen molar-refractivity contribution in [2.24, 2.45) is 0 Å². The van der Waals surface area contributed by atoms with Crippen molar-refractivity contribution in [1.29, 1.82) is 0 Å². The normalized spacial score (nSPS) is 12.3. The van der Waals surface area contributed by atoms with E-state index in [4.69, 9.17) is 0 Å². The van der Waals surface area contributed by atoms with Crippen molar-refractivity contribution in [3.05, 3.63) is 66.5 Å². The van der Waals surface area contributed by atoms with Crippen LogP contribution in [0.25, 0.3) is 11.0 Å². The van der Waals surface area contributed by atoms with E-state index in [-0.39, 0.29) is 11.9 Å². The number of rotatable bonds is 5. The third-order valence-electron chi connectivity index (χ3n) is 4.35. The van der Waals surface area contributed by atoms with Gasteiger partial charge in [0.25, 0.3) is 0 Å². The predicted octanol–water partition coefficient (Wildman–Crippen LogP) is 3.65. The van der Waals surface area contributed by atoms with E-state index < -0.39 is 0 Å². The van der Waals surface area contributed by atoms with Gasteiger partial charge >= 0.3 is 0 Å². The molecule has 0 radical (unpaired) electrons. The highest BCUT2D eigenvalue weighted by atomic mass is 16.2. The van der Waals surface area contributed by atoms with Crippen molar-refractivity contribution in [3.63, 3.8) is 0 Å². The van der Waals surface area contributed by atoms with Gasteiger partial charge in [-0.2, -0.15) is 0 Å². The van der Waals surface area contributed by atoms with Gasteiger partial charge in [0.1, 0.15) is 0 Å². The Hall–Kier alpha value is -2.62. The van der Waals surface area contributed by atoms with E-state index in [0.717, 1.165) is 16.6 Å². The van der Waals surface area contributed by atoms with Crippen LogP contribution in [0.4, 0.5) is 0 Å². The SMILES string of the molecule is CC(c1ccccc1)N(C)C(=O)CCn1cnc2ccccc21. The second kappa shape index (κ2) is 6.65. The minimum absolute atomic E-state index is 0.0724. The molecule has 0 aliphatic rings. The number of aromatic nitrogens is 2. The average molecular weight is 307 g/mol. The van der Waals surface area contributed by atoms with E-state index in [0.29, 0.717) is 13.0 Å². The number of carbonyl (C=O) groups excluding carboxylic acids is 1. The summed E-state index contributed by atoms with van der Waals surface area (Å²) >= 11 is 0. The molecule has 0 aliphatic heterocycles. The zero-order chi connectivity index (χ0) is 16.2. The average Bonchev–Trinajstić information content (AvgIpc) is 3.02. The van der Waals surface area contributed by atoms with Crippen molar-refractivity contribution < 1.29 is 4.79 Å². The molecule has 23 heavy (non-hydrogen) atoms. The molecule has 4 heteroatoms. The van der Waals surface area contributed by atoms with Gasteiger partial charge in [-0.1, -0.05) is 42.5 Å². The third kappa shape index (κ3) is 3.26. The number of carbonyl (C=O) groups is 1. The Morgan fingerprint density at radius 3 is 2.61 bits per heavy atom. The number of aryl methyl sites for hydroxylation is 1. The smallest absolute Gasteiger partial charge is 0.224 e. The molecule has 0 bridgehead atoms. The quantitative estimate of drug-likeness (QED) is 0.721. The van der Waals surface area contributed by atoms with Crippen LogP contribution in [-0.4, -0.2) is 27.4 Å². The van der Waals surface area contributed by atoms with Crippen molar-refractivity contribution >= 4 is 16.9 Å².